The number of rotatable bonds is 5. The first-order valence-corrected chi connectivity index (χ1v) is 5.86. The molecule has 0 unspecified atom stereocenters. The minimum Gasteiger partial charge on any atom is -0.492 e. The van der Waals surface area contributed by atoms with E-state index in [1.807, 2.05) is 48.1 Å². The van der Waals surface area contributed by atoms with Crippen LogP contribution in [-0.4, -0.2) is 13.2 Å². The standard InChI is InChI=1S/C11H12INO2.C2H2/c1-9-3-4-11(10(7-9)8-13)14-5-2-6-15-12;1-2/h3-4,7H,2,5-6H2,1H3;1-2H. The Labute approximate surface area is 116 Å². The summed E-state index contributed by atoms with van der Waals surface area (Å²) in [6.07, 6.45) is 8.82. The number of nitriles is 1. The molecule has 0 fully saturated rings. The van der Waals surface area contributed by atoms with E-state index in [4.69, 9.17) is 13.1 Å². The van der Waals surface area contributed by atoms with Crippen LogP contribution >= 0.6 is 23.0 Å². The van der Waals surface area contributed by atoms with E-state index in [-0.39, 0.29) is 0 Å². The number of benzene rings is 1. The van der Waals surface area contributed by atoms with E-state index in [1.165, 1.54) is 0 Å². The lowest BCUT2D eigenvalue weighted by atomic mass is 10.1. The fraction of sp³-hybridized carbons (Fsp3) is 0.308. The van der Waals surface area contributed by atoms with Crippen molar-refractivity contribution in [2.24, 2.45) is 0 Å². The summed E-state index contributed by atoms with van der Waals surface area (Å²) < 4.78 is 10.4. The van der Waals surface area contributed by atoms with Gasteiger partial charge in [-0.2, -0.15) is 5.26 Å². The van der Waals surface area contributed by atoms with Crippen LogP contribution < -0.4 is 4.74 Å². The number of ether oxygens (including phenoxy) is 1. The van der Waals surface area contributed by atoms with Crippen molar-refractivity contribution in [1.82, 2.24) is 0 Å². The maximum Gasteiger partial charge on any atom is 0.137 e. The fourth-order valence-electron chi connectivity index (χ4n) is 1.15. The van der Waals surface area contributed by atoms with Crippen LogP contribution in [0.25, 0.3) is 0 Å². The predicted molar refractivity (Wildman–Crippen MR) is 75.9 cm³/mol. The molecule has 0 bridgehead atoms. The molecule has 0 amide bonds. The molecule has 1 rings (SSSR count). The van der Waals surface area contributed by atoms with Gasteiger partial charge in [-0.1, -0.05) is 6.07 Å². The van der Waals surface area contributed by atoms with Crippen molar-refractivity contribution in [3.63, 3.8) is 0 Å². The fourth-order valence-corrected chi connectivity index (χ4v) is 1.46. The Morgan fingerprint density at radius 3 is 2.65 bits per heavy atom. The minimum absolute atomic E-state index is 0.570. The molecule has 3 nitrogen and oxygen atoms in total. The third-order valence-electron chi connectivity index (χ3n) is 1.88. The maximum absolute atomic E-state index is 8.89. The van der Waals surface area contributed by atoms with Crippen LogP contribution in [0.2, 0.25) is 0 Å². The molecule has 0 heterocycles. The number of halogens is 1. The lowest BCUT2D eigenvalue weighted by molar-refractivity contribution is 0.278. The second-order valence-electron chi connectivity index (χ2n) is 3.13. The summed E-state index contributed by atoms with van der Waals surface area (Å²) in [5.41, 5.74) is 1.65. The van der Waals surface area contributed by atoms with Gasteiger partial charge in [0.1, 0.15) is 34.8 Å². The summed E-state index contributed by atoms with van der Waals surface area (Å²) in [5, 5.41) is 8.89. The molecule has 0 N–H and O–H groups in total. The van der Waals surface area contributed by atoms with Crippen molar-refractivity contribution < 1.29 is 7.80 Å². The van der Waals surface area contributed by atoms with Gasteiger partial charge in [-0.25, -0.2) is 0 Å². The lowest BCUT2D eigenvalue weighted by Gasteiger charge is -2.07. The van der Waals surface area contributed by atoms with Gasteiger partial charge in [0.15, 0.2) is 0 Å². The zero-order chi connectivity index (χ0) is 13.1. The summed E-state index contributed by atoms with van der Waals surface area (Å²) in [7, 11) is 0. The van der Waals surface area contributed by atoms with Gasteiger partial charge in [0.25, 0.3) is 0 Å². The molecule has 0 aliphatic heterocycles. The number of terminal acetylenes is 1. The van der Waals surface area contributed by atoms with E-state index in [2.05, 4.69) is 18.9 Å². The average molecular weight is 343 g/mol. The summed E-state index contributed by atoms with van der Waals surface area (Å²) in [6.45, 7) is 3.18. The molecule has 0 saturated carbocycles. The van der Waals surface area contributed by atoms with Gasteiger partial charge >= 0.3 is 0 Å². The summed E-state index contributed by atoms with van der Waals surface area (Å²) in [4.78, 5) is 0. The van der Waals surface area contributed by atoms with E-state index in [0.29, 0.717) is 24.5 Å². The smallest absolute Gasteiger partial charge is 0.137 e. The van der Waals surface area contributed by atoms with Gasteiger partial charge < -0.3 is 7.80 Å². The number of aryl methyl sites for hydroxylation is 1. The molecule has 0 atom stereocenters. The molecule has 0 radical (unpaired) electrons. The molecular formula is C13H14INO2. The molecule has 90 valence electrons. The van der Waals surface area contributed by atoms with Gasteiger partial charge in [-0.15, -0.1) is 12.8 Å². The zero-order valence-electron chi connectivity index (χ0n) is 9.65. The van der Waals surface area contributed by atoms with Crippen molar-refractivity contribution in [3.05, 3.63) is 29.3 Å². The topological polar surface area (TPSA) is 42.2 Å². The Hall–Kier alpha value is -1.24. The number of hydrogen-bond acceptors (Lipinski definition) is 3. The van der Waals surface area contributed by atoms with Crippen LogP contribution in [0.4, 0.5) is 0 Å². The summed E-state index contributed by atoms with van der Waals surface area (Å²) >= 11 is 1.85. The Kier molecular flexibility index (Phi) is 9.22. The van der Waals surface area contributed by atoms with Gasteiger partial charge in [-0.3, -0.25) is 0 Å². The minimum atomic E-state index is 0.570. The molecule has 1 aromatic carbocycles. The molecule has 17 heavy (non-hydrogen) atoms. The molecule has 0 aromatic heterocycles. The number of nitrogens with zero attached hydrogens (tertiary/aromatic N) is 1. The second-order valence-corrected chi connectivity index (χ2v) is 3.75. The van der Waals surface area contributed by atoms with E-state index < -0.39 is 0 Å². The Balaban J connectivity index is 0.00000121. The molecule has 0 aliphatic carbocycles. The van der Waals surface area contributed by atoms with E-state index in [0.717, 1.165) is 12.0 Å². The maximum atomic E-state index is 8.89. The third-order valence-corrected chi connectivity index (χ3v) is 2.32. The van der Waals surface area contributed by atoms with Crippen LogP contribution in [0.15, 0.2) is 18.2 Å². The molecule has 0 saturated heterocycles. The first-order chi connectivity index (χ1) is 8.27. The predicted octanol–water partition coefficient (Wildman–Crippen LogP) is 3.25. The molecule has 0 spiro atoms. The molecule has 1 aromatic rings. The molecular weight excluding hydrogens is 329 g/mol. The highest BCUT2D eigenvalue weighted by Crippen LogP contribution is 2.19. The van der Waals surface area contributed by atoms with Crippen LogP contribution in [0.1, 0.15) is 17.5 Å². The van der Waals surface area contributed by atoms with Crippen LogP contribution in [0.5, 0.6) is 5.75 Å². The van der Waals surface area contributed by atoms with Gasteiger partial charge in [0, 0.05) is 6.42 Å². The molecule has 0 aliphatic rings. The monoisotopic (exact) mass is 343 g/mol. The highest BCUT2D eigenvalue weighted by Gasteiger charge is 2.02. The van der Waals surface area contributed by atoms with E-state index in [9.17, 15) is 0 Å². The second kappa shape index (κ2) is 9.95. The highest BCUT2D eigenvalue weighted by molar-refractivity contribution is 14.1. The van der Waals surface area contributed by atoms with E-state index in [1.54, 1.807) is 0 Å². The van der Waals surface area contributed by atoms with Crippen LogP contribution in [0, 0.1) is 31.1 Å². The lowest BCUT2D eigenvalue weighted by Crippen LogP contribution is -2.01. The Morgan fingerprint density at radius 2 is 2.06 bits per heavy atom. The zero-order valence-corrected chi connectivity index (χ0v) is 11.8. The van der Waals surface area contributed by atoms with Crippen molar-refractivity contribution in [2.45, 2.75) is 13.3 Å². The third kappa shape index (κ3) is 6.15. The van der Waals surface area contributed by atoms with Crippen molar-refractivity contribution in [3.8, 4) is 24.7 Å². The molecule has 4 heteroatoms. The summed E-state index contributed by atoms with van der Waals surface area (Å²) in [6, 6.07) is 7.71. The largest absolute Gasteiger partial charge is 0.492 e. The van der Waals surface area contributed by atoms with Crippen molar-refractivity contribution in [1.29, 1.82) is 5.26 Å². The van der Waals surface area contributed by atoms with Crippen LogP contribution in [-0.2, 0) is 3.07 Å². The Bertz CT molecular complexity index is 396. The summed E-state index contributed by atoms with van der Waals surface area (Å²) in [5.74, 6) is 0.650. The first kappa shape index (κ1) is 15.8. The van der Waals surface area contributed by atoms with Crippen molar-refractivity contribution in [2.75, 3.05) is 13.2 Å². The number of hydrogen-bond donors (Lipinski definition) is 0. The normalized spacial score (nSPS) is 8.65. The van der Waals surface area contributed by atoms with Gasteiger partial charge in [0.05, 0.1) is 18.8 Å². The highest BCUT2D eigenvalue weighted by atomic mass is 127. The average Bonchev–Trinajstić information content (AvgIpc) is 2.38. The van der Waals surface area contributed by atoms with Gasteiger partial charge in [-0.05, 0) is 24.6 Å². The van der Waals surface area contributed by atoms with Gasteiger partial charge in [0.2, 0.25) is 0 Å². The van der Waals surface area contributed by atoms with Crippen LogP contribution in [0.3, 0.4) is 0 Å². The quantitative estimate of drug-likeness (QED) is 0.468. The first-order valence-electron chi connectivity index (χ1n) is 4.98. The SMILES string of the molecule is C#C.Cc1ccc(OCCCOI)c(C#N)c1. The van der Waals surface area contributed by atoms with E-state index >= 15 is 0 Å². The Morgan fingerprint density at radius 1 is 1.35 bits per heavy atom. The van der Waals surface area contributed by atoms with Crippen molar-refractivity contribution >= 4 is 23.0 Å².